The Balaban J connectivity index is 1.85. The molecule has 0 amide bonds. The molecule has 5 nitrogen and oxygen atoms in total. The Morgan fingerprint density at radius 1 is 1.39 bits per heavy atom. The molecule has 0 aliphatic carbocycles. The summed E-state index contributed by atoms with van der Waals surface area (Å²) < 4.78 is 5.46. The molecule has 0 saturated heterocycles. The first-order chi connectivity index (χ1) is 10.9. The van der Waals surface area contributed by atoms with Gasteiger partial charge in [-0.2, -0.15) is 11.3 Å². The normalized spacial score (nSPS) is 17.0. The fraction of sp³-hybridized carbons (Fsp3) is 0.412. The second-order valence-corrected chi connectivity index (χ2v) is 7.18. The summed E-state index contributed by atoms with van der Waals surface area (Å²) in [6, 6.07) is 4.19. The number of hydrogen-bond donors (Lipinski definition) is 1. The van der Waals surface area contributed by atoms with Crippen LogP contribution in [-0.4, -0.2) is 36.5 Å². The number of thiophene rings is 1. The van der Waals surface area contributed by atoms with Gasteiger partial charge in [0.15, 0.2) is 0 Å². The first-order valence-electron chi connectivity index (χ1n) is 7.55. The Labute approximate surface area is 140 Å². The standard InChI is InChI=1S/C17H21N3O2S/c1-17(2)12-5-7-18-15(14(12)16(21)22-17)19-9-13(20(3)4)11-6-8-23-10-11/h5-8,10,13H,9H2,1-4H3,(H,18,19). The van der Waals surface area contributed by atoms with Crippen LogP contribution in [0.25, 0.3) is 0 Å². The second-order valence-electron chi connectivity index (χ2n) is 6.40. The Bertz CT molecular complexity index is 711. The van der Waals surface area contributed by atoms with E-state index in [1.165, 1.54) is 5.56 Å². The minimum atomic E-state index is -0.597. The zero-order valence-corrected chi connectivity index (χ0v) is 14.6. The van der Waals surface area contributed by atoms with Crippen molar-refractivity contribution in [1.82, 2.24) is 9.88 Å². The third-order valence-electron chi connectivity index (χ3n) is 4.17. The van der Waals surface area contributed by atoms with Gasteiger partial charge in [0.25, 0.3) is 0 Å². The van der Waals surface area contributed by atoms with Crippen molar-refractivity contribution >= 4 is 23.1 Å². The first-order valence-corrected chi connectivity index (χ1v) is 8.49. The van der Waals surface area contributed by atoms with Gasteiger partial charge >= 0.3 is 5.97 Å². The van der Waals surface area contributed by atoms with Crippen molar-refractivity contribution in [3.63, 3.8) is 0 Å². The van der Waals surface area contributed by atoms with Crippen molar-refractivity contribution in [3.8, 4) is 0 Å². The number of aromatic nitrogens is 1. The average molecular weight is 331 g/mol. The Kier molecular flexibility index (Phi) is 4.12. The number of nitrogens with one attached hydrogen (secondary N) is 1. The maximum Gasteiger partial charge on any atom is 0.343 e. The van der Waals surface area contributed by atoms with Crippen LogP contribution in [0.4, 0.5) is 5.82 Å². The molecule has 2 aromatic heterocycles. The molecular formula is C17H21N3O2S. The van der Waals surface area contributed by atoms with Crippen LogP contribution in [0, 0.1) is 0 Å². The SMILES string of the molecule is CN(C)C(CNc1nccc2c1C(=O)OC2(C)C)c1ccsc1. The Hall–Kier alpha value is -1.92. The maximum absolute atomic E-state index is 12.2. The fourth-order valence-electron chi connectivity index (χ4n) is 2.90. The number of pyridine rings is 1. The molecule has 1 aliphatic rings. The van der Waals surface area contributed by atoms with Gasteiger partial charge in [0, 0.05) is 18.3 Å². The van der Waals surface area contributed by atoms with Crippen LogP contribution in [0.3, 0.4) is 0 Å². The van der Waals surface area contributed by atoms with Gasteiger partial charge < -0.3 is 15.0 Å². The summed E-state index contributed by atoms with van der Waals surface area (Å²) >= 11 is 1.68. The molecule has 0 fully saturated rings. The van der Waals surface area contributed by atoms with Crippen molar-refractivity contribution in [3.05, 3.63) is 45.8 Å². The van der Waals surface area contributed by atoms with Crippen LogP contribution in [0.1, 0.15) is 41.4 Å². The summed E-state index contributed by atoms with van der Waals surface area (Å²) in [4.78, 5) is 18.7. The number of likely N-dealkylation sites (N-methyl/N-ethyl adjacent to an activating group) is 1. The van der Waals surface area contributed by atoms with Crippen molar-refractivity contribution < 1.29 is 9.53 Å². The van der Waals surface area contributed by atoms with Gasteiger partial charge in [-0.1, -0.05) is 0 Å². The molecule has 0 spiro atoms. The molecular weight excluding hydrogens is 310 g/mol. The van der Waals surface area contributed by atoms with E-state index in [-0.39, 0.29) is 12.0 Å². The van der Waals surface area contributed by atoms with E-state index in [0.29, 0.717) is 17.9 Å². The lowest BCUT2D eigenvalue weighted by atomic mass is 9.97. The highest BCUT2D eigenvalue weighted by molar-refractivity contribution is 7.07. The lowest BCUT2D eigenvalue weighted by molar-refractivity contribution is 0.00958. The summed E-state index contributed by atoms with van der Waals surface area (Å²) in [7, 11) is 4.09. The number of fused-ring (bicyclic) bond motifs is 1. The lowest BCUT2D eigenvalue weighted by Gasteiger charge is -2.24. The van der Waals surface area contributed by atoms with Crippen molar-refractivity contribution in [2.24, 2.45) is 0 Å². The molecule has 23 heavy (non-hydrogen) atoms. The van der Waals surface area contributed by atoms with Gasteiger partial charge in [0.2, 0.25) is 0 Å². The molecule has 122 valence electrons. The topological polar surface area (TPSA) is 54.5 Å². The number of esters is 1. The van der Waals surface area contributed by atoms with Gasteiger partial charge in [-0.15, -0.1) is 0 Å². The third-order valence-corrected chi connectivity index (χ3v) is 4.87. The van der Waals surface area contributed by atoms with E-state index in [1.54, 1.807) is 17.5 Å². The van der Waals surface area contributed by atoms with E-state index in [2.05, 4.69) is 32.0 Å². The van der Waals surface area contributed by atoms with Gasteiger partial charge in [-0.05, 0) is 56.4 Å². The first kappa shape index (κ1) is 16.0. The molecule has 6 heteroatoms. The predicted octanol–water partition coefficient (Wildman–Crippen LogP) is 3.26. The van der Waals surface area contributed by atoms with E-state index in [1.807, 2.05) is 34.0 Å². The maximum atomic E-state index is 12.2. The molecule has 3 rings (SSSR count). The molecule has 0 saturated carbocycles. The summed E-state index contributed by atoms with van der Waals surface area (Å²) in [5, 5.41) is 7.55. The largest absolute Gasteiger partial charge is 0.451 e. The minimum Gasteiger partial charge on any atom is -0.451 e. The zero-order chi connectivity index (χ0) is 16.6. The van der Waals surface area contributed by atoms with E-state index in [9.17, 15) is 4.79 Å². The minimum absolute atomic E-state index is 0.212. The summed E-state index contributed by atoms with van der Waals surface area (Å²) in [6.07, 6.45) is 1.72. The van der Waals surface area contributed by atoms with Crippen LogP contribution >= 0.6 is 11.3 Å². The molecule has 2 aromatic rings. The lowest BCUT2D eigenvalue weighted by Crippen LogP contribution is -2.27. The number of cyclic esters (lactones) is 1. The fourth-order valence-corrected chi connectivity index (χ4v) is 3.61. The molecule has 1 atom stereocenters. The van der Waals surface area contributed by atoms with E-state index in [0.717, 1.165) is 5.56 Å². The van der Waals surface area contributed by atoms with Crippen LogP contribution in [0.15, 0.2) is 29.1 Å². The van der Waals surface area contributed by atoms with Gasteiger partial charge in [-0.25, -0.2) is 9.78 Å². The van der Waals surface area contributed by atoms with Gasteiger partial charge in [-0.3, -0.25) is 0 Å². The Morgan fingerprint density at radius 2 is 2.17 bits per heavy atom. The number of carbonyl (C=O) groups is 1. The van der Waals surface area contributed by atoms with Crippen LogP contribution in [0.5, 0.6) is 0 Å². The predicted molar refractivity (Wildman–Crippen MR) is 91.9 cm³/mol. The molecule has 0 aromatic carbocycles. The highest BCUT2D eigenvalue weighted by atomic mass is 32.1. The zero-order valence-electron chi connectivity index (χ0n) is 13.8. The molecule has 1 N–H and O–H groups in total. The van der Waals surface area contributed by atoms with Crippen LogP contribution in [0.2, 0.25) is 0 Å². The van der Waals surface area contributed by atoms with Crippen molar-refractivity contribution in [1.29, 1.82) is 0 Å². The summed E-state index contributed by atoms with van der Waals surface area (Å²) in [6.45, 7) is 4.46. The van der Waals surface area contributed by atoms with Crippen molar-refractivity contribution in [2.45, 2.75) is 25.5 Å². The number of nitrogens with zero attached hydrogens (tertiary/aromatic N) is 2. The molecule has 0 radical (unpaired) electrons. The van der Waals surface area contributed by atoms with Crippen LogP contribution in [-0.2, 0) is 10.3 Å². The number of ether oxygens (including phenoxy) is 1. The molecule has 1 unspecified atom stereocenters. The third kappa shape index (κ3) is 2.96. The molecule has 1 aliphatic heterocycles. The van der Waals surface area contributed by atoms with Crippen molar-refractivity contribution in [2.75, 3.05) is 26.0 Å². The number of hydrogen-bond acceptors (Lipinski definition) is 6. The number of rotatable bonds is 5. The summed E-state index contributed by atoms with van der Waals surface area (Å²) in [5.41, 5.74) is 2.10. The van der Waals surface area contributed by atoms with E-state index < -0.39 is 5.60 Å². The highest BCUT2D eigenvalue weighted by Gasteiger charge is 2.40. The smallest absolute Gasteiger partial charge is 0.343 e. The van der Waals surface area contributed by atoms with Gasteiger partial charge in [0.05, 0.1) is 6.04 Å². The number of carbonyl (C=O) groups excluding carboxylic acids is 1. The van der Waals surface area contributed by atoms with Gasteiger partial charge in [0.1, 0.15) is 17.0 Å². The monoisotopic (exact) mass is 331 g/mol. The van der Waals surface area contributed by atoms with E-state index in [4.69, 9.17) is 4.74 Å². The quantitative estimate of drug-likeness (QED) is 0.852. The highest BCUT2D eigenvalue weighted by Crippen LogP contribution is 2.38. The molecule has 3 heterocycles. The molecule has 0 bridgehead atoms. The van der Waals surface area contributed by atoms with Crippen LogP contribution < -0.4 is 5.32 Å². The average Bonchev–Trinajstić information content (AvgIpc) is 3.07. The second kappa shape index (κ2) is 5.94. The summed E-state index contributed by atoms with van der Waals surface area (Å²) in [5.74, 6) is 0.290. The Morgan fingerprint density at radius 3 is 2.83 bits per heavy atom. The number of anilines is 1. The van der Waals surface area contributed by atoms with E-state index >= 15 is 0 Å².